The van der Waals surface area contributed by atoms with Crippen molar-refractivity contribution in [2.45, 2.75) is 19.5 Å². The SMILES string of the molecule is CCc1cnc2c(c1NC(=O)c1ccccc1C(F)(F)F)c(=O)n(C)c(=O)n2C. The Kier molecular flexibility index (Phi) is 5.04. The second-order valence-corrected chi connectivity index (χ2v) is 6.41. The van der Waals surface area contributed by atoms with E-state index in [9.17, 15) is 27.6 Å². The molecule has 1 aromatic carbocycles. The summed E-state index contributed by atoms with van der Waals surface area (Å²) < 4.78 is 41.8. The van der Waals surface area contributed by atoms with E-state index < -0.39 is 34.5 Å². The Morgan fingerprint density at radius 1 is 1.14 bits per heavy atom. The summed E-state index contributed by atoms with van der Waals surface area (Å²) in [6, 6.07) is 4.37. The smallest absolute Gasteiger partial charge is 0.321 e. The van der Waals surface area contributed by atoms with Gasteiger partial charge in [0.1, 0.15) is 5.39 Å². The molecule has 0 aliphatic rings. The van der Waals surface area contributed by atoms with Crippen molar-refractivity contribution in [3.8, 4) is 0 Å². The van der Waals surface area contributed by atoms with Gasteiger partial charge in [-0.25, -0.2) is 9.78 Å². The lowest BCUT2D eigenvalue weighted by Crippen LogP contribution is -2.38. The van der Waals surface area contributed by atoms with E-state index in [2.05, 4.69) is 10.3 Å². The average molecular weight is 406 g/mol. The Hall–Kier alpha value is -3.43. The van der Waals surface area contributed by atoms with E-state index in [-0.39, 0.29) is 16.7 Å². The summed E-state index contributed by atoms with van der Waals surface area (Å²) in [7, 11) is 2.68. The molecular formula is C19H17F3N4O3. The molecule has 0 atom stereocenters. The highest BCUT2D eigenvalue weighted by Gasteiger charge is 2.35. The van der Waals surface area contributed by atoms with Gasteiger partial charge >= 0.3 is 11.9 Å². The molecule has 0 unspecified atom stereocenters. The number of rotatable bonds is 3. The highest BCUT2D eigenvalue weighted by Crippen LogP contribution is 2.32. The predicted molar refractivity (Wildman–Crippen MR) is 101 cm³/mol. The van der Waals surface area contributed by atoms with Crippen LogP contribution in [0, 0.1) is 0 Å². The number of hydrogen-bond acceptors (Lipinski definition) is 4. The van der Waals surface area contributed by atoms with Gasteiger partial charge in [0, 0.05) is 20.3 Å². The molecule has 0 saturated heterocycles. The number of nitrogens with zero attached hydrogens (tertiary/aromatic N) is 3. The third-order valence-corrected chi connectivity index (χ3v) is 4.64. The number of aromatic nitrogens is 3. The van der Waals surface area contributed by atoms with E-state index in [1.54, 1.807) is 6.92 Å². The molecule has 0 aliphatic carbocycles. The summed E-state index contributed by atoms with van der Waals surface area (Å²) in [5, 5.41) is 2.39. The van der Waals surface area contributed by atoms with Crippen LogP contribution in [0.25, 0.3) is 11.0 Å². The maximum absolute atomic E-state index is 13.3. The molecule has 0 saturated carbocycles. The van der Waals surface area contributed by atoms with Crippen molar-refractivity contribution in [1.29, 1.82) is 0 Å². The fourth-order valence-electron chi connectivity index (χ4n) is 3.09. The number of alkyl halides is 3. The minimum Gasteiger partial charge on any atom is -0.321 e. The van der Waals surface area contributed by atoms with E-state index in [0.29, 0.717) is 12.0 Å². The van der Waals surface area contributed by atoms with Crippen LogP contribution in [0.5, 0.6) is 0 Å². The monoisotopic (exact) mass is 406 g/mol. The van der Waals surface area contributed by atoms with E-state index >= 15 is 0 Å². The first kappa shape index (κ1) is 20.3. The second-order valence-electron chi connectivity index (χ2n) is 6.41. The van der Waals surface area contributed by atoms with Crippen LogP contribution in [0.3, 0.4) is 0 Å². The van der Waals surface area contributed by atoms with E-state index in [1.165, 1.54) is 32.4 Å². The lowest BCUT2D eigenvalue weighted by atomic mass is 10.1. The number of halogens is 3. The van der Waals surface area contributed by atoms with E-state index in [0.717, 1.165) is 21.3 Å². The van der Waals surface area contributed by atoms with Crippen LogP contribution in [0.15, 0.2) is 40.1 Å². The largest absolute Gasteiger partial charge is 0.417 e. The van der Waals surface area contributed by atoms with Crippen LogP contribution in [-0.4, -0.2) is 20.0 Å². The molecule has 0 fully saturated rings. The molecule has 3 rings (SSSR count). The summed E-state index contributed by atoms with van der Waals surface area (Å²) in [5.74, 6) is -1.02. The first-order chi connectivity index (χ1) is 13.6. The topological polar surface area (TPSA) is 86.0 Å². The van der Waals surface area contributed by atoms with Gasteiger partial charge in [-0.1, -0.05) is 19.1 Å². The zero-order valence-corrected chi connectivity index (χ0v) is 15.8. The number of amides is 1. The van der Waals surface area contributed by atoms with Gasteiger partial charge in [-0.3, -0.25) is 18.7 Å². The number of nitrogens with one attached hydrogen (secondary N) is 1. The predicted octanol–water partition coefficient (Wildman–Crippen LogP) is 2.47. The maximum atomic E-state index is 13.3. The minimum absolute atomic E-state index is 0.0229. The van der Waals surface area contributed by atoms with Crippen molar-refractivity contribution in [2.75, 3.05) is 5.32 Å². The molecule has 1 amide bonds. The first-order valence-corrected chi connectivity index (χ1v) is 8.63. The Morgan fingerprint density at radius 3 is 2.41 bits per heavy atom. The highest BCUT2D eigenvalue weighted by molar-refractivity contribution is 6.09. The zero-order valence-electron chi connectivity index (χ0n) is 15.8. The minimum atomic E-state index is -4.72. The molecule has 7 nitrogen and oxygen atoms in total. The second kappa shape index (κ2) is 7.19. The highest BCUT2D eigenvalue weighted by atomic mass is 19.4. The lowest BCUT2D eigenvalue weighted by molar-refractivity contribution is -0.137. The van der Waals surface area contributed by atoms with Gasteiger partial charge in [-0.2, -0.15) is 13.2 Å². The number of carbonyl (C=O) groups is 1. The molecule has 0 spiro atoms. The van der Waals surface area contributed by atoms with Gasteiger partial charge < -0.3 is 5.32 Å². The Balaban J connectivity index is 2.25. The van der Waals surface area contributed by atoms with Crippen molar-refractivity contribution in [2.24, 2.45) is 14.1 Å². The molecule has 0 radical (unpaired) electrons. The Bertz CT molecular complexity index is 1240. The van der Waals surface area contributed by atoms with Crippen LogP contribution < -0.4 is 16.6 Å². The number of aryl methyl sites for hydroxylation is 2. The molecule has 152 valence electrons. The fourth-order valence-corrected chi connectivity index (χ4v) is 3.09. The molecule has 2 aromatic heterocycles. The van der Waals surface area contributed by atoms with Crippen LogP contribution in [-0.2, 0) is 26.7 Å². The van der Waals surface area contributed by atoms with Gasteiger partial charge in [0.25, 0.3) is 11.5 Å². The summed E-state index contributed by atoms with van der Waals surface area (Å²) in [6.45, 7) is 1.74. The van der Waals surface area contributed by atoms with Crippen molar-refractivity contribution >= 4 is 22.6 Å². The molecule has 0 aliphatic heterocycles. The molecular weight excluding hydrogens is 389 g/mol. The van der Waals surface area contributed by atoms with Gasteiger partial charge in [-0.15, -0.1) is 0 Å². The molecule has 2 heterocycles. The number of hydrogen-bond donors (Lipinski definition) is 1. The summed E-state index contributed by atoms with van der Waals surface area (Å²) in [4.78, 5) is 41.7. The average Bonchev–Trinajstić information content (AvgIpc) is 2.69. The van der Waals surface area contributed by atoms with Crippen LogP contribution >= 0.6 is 0 Å². The third kappa shape index (κ3) is 3.41. The normalized spacial score (nSPS) is 11.7. The number of anilines is 1. The molecule has 29 heavy (non-hydrogen) atoms. The zero-order chi connectivity index (χ0) is 21.5. The molecule has 1 N–H and O–H groups in total. The number of benzene rings is 1. The van der Waals surface area contributed by atoms with Gasteiger partial charge in [0.15, 0.2) is 5.65 Å². The first-order valence-electron chi connectivity index (χ1n) is 8.63. The van der Waals surface area contributed by atoms with Crippen LogP contribution in [0.4, 0.5) is 18.9 Å². The van der Waals surface area contributed by atoms with Gasteiger partial charge in [0.2, 0.25) is 0 Å². The summed E-state index contributed by atoms with van der Waals surface area (Å²) in [6.07, 6.45) is -2.99. The van der Waals surface area contributed by atoms with E-state index in [4.69, 9.17) is 0 Å². The van der Waals surface area contributed by atoms with Crippen LogP contribution in [0.1, 0.15) is 28.4 Å². The standard InChI is InChI=1S/C19H17F3N4O3/c1-4-10-9-23-15-13(17(28)26(3)18(29)25(15)2)14(10)24-16(27)11-7-5-6-8-12(11)19(20,21)22/h5-9H,4H2,1-3H3,(H,23,24,27). The van der Waals surface area contributed by atoms with Gasteiger partial charge in [-0.05, 0) is 24.1 Å². The number of carbonyl (C=O) groups excluding carboxylic acids is 1. The third-order valence-electron chi connectivity index (χ3n) is 4.64. The number of pyridine rings is 1. The van der Waals surface area contributed by atoms with Crippen molar-refractivity contribution in [3.05, 3.63) is 68.0 Å². The fraction of sp³-hybridized carbons (Fsp3) is 0.263. The molecule has 0 bridgehead atoms. The summed E-state index contributed by atoms with van der Waals surface area (Å²) in [5.41, 5.74) is -2.47. The van der Waals surface area contributed by atoms with Crippen molar-refractivity contribution in [3.63, 3.8) is 0 Å². The van der Waals surface area contributed by atoms with Gasteiger partial charge in [0.05, 0.1) is 16.8 Å². The Morgan fingerprint density at radius 2 is 1.79 bits per heavy atom. The maximum Gasteiger partial charge on any atom is 0.417 e. The lowest BCUT2D eigenvalue weighted by Gasteiger charge is -2.16. The van der Waals surface area contributed by atoms with Crippen LogP contribution in [0.2, 0.25) is 0 Å². The number of fused-ring (bicyclic) bond motifs is 1. The Labute approximate surface area is 162 Å². The molecule has 3 aromatic rings. The quantitative estimate of drug-likeness (QED) is 0.724. The van der Waals surface area contributed by atoms with Crippen molar-refractivity contribution < 1.29 is 18.0 Å². The van der Waals surface area contributed by atoms with Crippen molar-refractivity contribution in [1.82, 2.24) is 14.1 Å². The summed E-state index contributed by atoms with van der Waals surface area (Å²) >= 11 is 0. The molecule has 10 heteroatoms. The van der Waals surface area contributed by atoms with E-state index in [1.807, 2.05) is 0 Å².